The number of ketones is 1. The summed E-state index contributed by atoms with van der Waals surface area (Å²) in [6.45, 7) is 4.05. The Morgan fingerprint density at radius 2 is 1.98 bits per heavy atom. The molecule has 0 bridgehead atoms. The highest BCUT2D eigenvalue weighted by Gasteiger charge is 2.38. The molecule has 2 aromatic carbocycles. The molecule has 0 unspecified atom stereocenters. The van der Waals surface area contributed by atoms with Crippen LogP contribution in [0.5, 0.6) is 11.5 Å². The number of rotatable bonds is 9. The summed E-state index contributed by atoms with van der Waals surface area (Å²) in [5.41, 5.74) is 2.64. The SMILES string of the molecule is CC(=O)c1cc2c(cc1N(C(=O)Cn1nnc3ccccc31)[C@H](C(=O)NC[C@@H]1CCCO1)c1sccc1C)OCO2. The average molecular weight is 576 g/mol. The average Bonchev–Trinajstić information content (AvgIpc) is 3.78. The van der Waals surface area contributed by atoms with E-state index in [1.165, 1.54) is 27.8 Å². The first-order valence-corrected chi connectivity index (χ1v) is 14.3. The Kier molecular flexibility index (Phi) is 7.41. The summed E-state index contributed by atoms with van der Waals surface area (Å²) in [6, 6.07) is 11.3. The van der Waals surface area contributed by atoms with Crippen molar-refractivity contribution in [3.63, 3.8) is 0 Å². The number of aryl methyl sites for hydroxylation is 1. The normalized spacial score (nSPS) is 16.6. The lowest BCUT2D eigenvalue weighted by Gasteiger charge is -2.32. The number of hydrogen-bond donors (Lipinski definition) is 1. The summed E-state index contributed by atoms with van der Waals surface area (Å²) in [4.78, 5) is 43.5. The van der Waals surface area contributed by atoms with Gasteiger partial charge < -0.3 is 19.5 Å². The Morgan fingerprint density at radius 1 is 1.17 bits per heavy atom. The van der Waals surface area contributed by atoms with Gasteiger partial charge in [-0.05, 0) is 61.9 Å². The summed E-state index contributed by atoms with van der Waals surface area (Å²) in [7, 11) is 0. The van der Waals surface area contributed by atoms with Crippen molar-refractivity contribution < 1.29 is 28.6 Å². The standard InChI is InChI=1S/C29H29N5O6S/c1-17-9-11-41-28(17)27(29(37)30-14-19-6-5-10-38-19)34(23-13-25-24(39-16-40-25)12-20(23)18(2)35)26(36)15-33-22-8-4-3-7-21(22)31-32-33/h3-4,7-9,11-13,19,27H,5-6,10,14-16H2,1-2H3,(H,30,37)/t19-,27-/m0/s1. The van der Waals surface area contributed by atoms with E-state index in [9.17, 15) is 14.4 Å². The van der Waals surface area contributed by atoms with Gasteiger partial charge in [0.05, 0.1) is 17.3 Å². The molecule has 2 atom stereocenters. The molecular weight excluding hydrogens is 546 g/mol. The van der Waals surface area contributed by atoms with E-state index in [2.05, 4.69) is 15.6 Å². The fourth-order valence-electron chi connectivity index (χ4n) is 5.20. The van der Waals surface area contributed by atoms with Crippen LogP contribution in [-0.2, 0) is 20.9 Å². The van der Waals surface area contributed by atoms with Crippen LogP contribution in [0, 0.1) is 6.92 Å². The first-order chi connectivity index (χ1) is 19.9. The Labute approximate surface area is 240 Å². The number of ether oxygens (including phenoxy) is 3. The topological polar surface area (TPSA) is 125 Å². The fraction of sp³-hybridized carbons (Fsp3) is 0.345. The zero-order valence-electron chi connectivity index (χ0n) is 22.7. The first-order valence-electron chi connectivity index (χ1n) is 13.4. The highest BCUT2D eigenvalue weighted by atomic mass is 32.1. The molecule has 1 fully saturated rings. The predicted molar refractivity (Wildman–Crippen MR) is 151 cm³/mol. The Bertz CT molecular complexity index is 1620. The number of benzene rings is 2. The van der Waals surface area contributed by atoms with Gasteiger partial charge in [0.2, 0.25) is 18.6 Å². The minimum atomic E-state index is -1.07. The molecule has 0 aliphatic carbocycles. The molecule has 212 valence electrons. The number of amides is 2. The second-order valence-electron chi connectivity index (χ2n) is 10.0. The number of Topliss-reactive ketones (excluding diaryl/α,β-unsaturated/α-hetero) is 1. The number of hydrogen-bond acceptors (Lipinski definition) is 9. The first kappa shape index (κ1) is 26.9. The van der Waals surface area contributed by atoms with Gasteiger partial charge in [-0.3, -0.25) is 19.3 Å². The summed E-state index contributed by atoms with van der Waals surface area (Å²) < 4.78 is 18.4. The number of nitrogens with one attached hydrogen (secondary N) is 1. The van der Waals surface area contributed by atoms with Crippen LogP contribution in [0.1, 0.15) is 46.6 Å². The van der Waals surface area contributed by atoms with Crippen LogP contribution in [0.3, 0.4) is 0 Å². The van der Waals surface area contributed by atoms with Crippen molar-refractivity contribution in [2.24, 2.45) is 0 Å². The molecule has 0 spiro atoms. The minimum absolute atomic E-state index is 0.00956. The van der Waals surface area contributed by atoms with Gasteiger partial charge in [0.1, 0.15) is 12.1 Å². The van der Waals surface area contributed by atoms with E-state index >= 15 is 0 Å². The molecule has 12 heteroatoms. The maximum atomic E-state index is 14.4. The fourth-order valence-corrected chi connectivity index (χ4v) is 6.22. The van der Waals surface area contributed by atoms with Crippen molar-refractivity contribution in [3.8, 4) is 11.5 Å². The van der Waals surface area contributed by atoms with Crippen molar-refractivity contribution in [1.82, 2.24) is 20.3 Å². The van der Waals surface area contributed by atoms with Gasteiger partial charge in [0.15, 0.2) is 23.3 Å². The van der Waals surface area contributed by atoms with Crippen molar-refractivity contribution in [1.29, 1.82) is 0 Å². The minimum Gasteiger partial charge on any atom is -0.454 e. The third kappa shape index (κ3) is 5.27. The maximum Gasteiger partial charge on any atom is 0.249 e. The summed E-state index contributed by atoms with van der Waals surface area (Å²) in [6.07, 6.45) is 1.69. The smallest absolute Gasteiger partial charge is 0.249 e. The quantitative estimate of drug-likeness (QED) is 0.299. The second kappa shape index (κ2) is 11.3. The van der Waals surface area contributed by atoms with Crippen molar-refractivity contribution in [2.75, 3.05) is 24.8 Å². The third-order valence-corrected chi connectivity index (χ3v) is 8.36. The molecule has 1 saturated heterocycles. The zero-order valence-corrected chi connectivity index (χ0v) is 23.5. The number of nitrogens with zero attached hydrogens (tertiary/aromatic N) is 4. The molecule has 4 heterocycles. The number of thiophene rings is 1. The number of carbonyl (C=O) groups excluding carboxylic acids is 3. The van der Waals surface area contributed by atoms with Gasteiger partial charge in [0, 0.05) is 29.7 Å². The molecule has 6 rings (SSSR count). The van der Waals surface area contributed by atoms with Crippen LogP contribution in [0.2, 0.25) is 0 Å². The molecule has 2 aliphatic heterocycles. The van der Waals surface area contributed by atoms with E-state index < -0.39 is 11.9 Å². The zero-order chi connectivity index (χ0) is 28.5. The van der Waals surface area contributed by atoms with E-state index in [4.69, 9.17) is 14.2 Å². The van der Waals surface area contributed by atoms with Crippen molar-refractivity contribution >= 4 is 45.7 Å². The van der Waals surface area contributed by atoms with E-state index in [-0.39, 0.29) is 42.4 Å². The van der Waals surface area contributed by atoms with Crippen molar-refractivity contribution in [3.05, 3.63) is 63.8 Å². The van der Waals surface area contributed by atoms with Gasteiger partial charge in [-0.1, -0.05) is 17.3 Å². The predicted octanol–water partition coefficient (Wildman–Crippen LogP) is 3.80. The molecule has 41 heavy (non-hydrogen) atoms. The van der Waals surface area contributed by atoms with E-state index in [1.54, 1.807) is 12.1 Å². The lowest BCUT2D eigenvalue weighted by atomic mass is 10.0. The van der Waals surface area contributed by atoms with Gasteiger partial charge in [0.25, 0.3) is 0 Å². The van der Waals surface area contributed by atoms with Gasteiger partial charge in [-0.2, -0.15) is 0 Å². The van der Waals surface area contributed by atoms with E-state index in [0.717, 1.165) is 18.4 Å². The highest BCUT2D eigenvalue weighted by molar-refractivity contribution is 7.10. The number of aromatic nitrogens is 3. The largest absolute Gasteiger partial charge is 0.454 e. The molecule has 4 aromatic rings. The van der Waals surface area contributed by atoms with Crippen LogP contribution < -0.4 is 19.7 Å². The third-order valence-electron chi connectivity index (χ3n) is 7.29. The summed E-state index contributed by atoms with van der Waals surface area (Å²) in [5, 5.41) is 13.3. The molecule has 11 nitrogen and oxygen atoms in total. The molecule has 2 amide bonds. The molecule has 1 N–H and O–H groups in total. The lowest BCUT2D eigenvalue weighted by Crippen LogP contribution is -2.47. The van der Waals surface area contributed by atoms with Crippen LogP contribution >= 0.6 is 11.3 Å². The molecule has 0 saturated carbocycles. The molecule has 0 radical (unpaired) electrons. The molecular formula is C29H29N5O6S. The van der Waals surface area contributed by atoms with Crippen LogP contribution in [-0.4, -0.2) is 58.6 Å². The second-order valence-corrected chi connectivity index (χ2v) is 11.0. The highest BCUT2D eigenvalue weighted by Crippen LogP contribution is 2.42. The number of fused-ring (bicyclic) bond motifs is 2. The monoisotopic (exact) mass is 575 g/mol. The Morgan fingerprint density at radius 3 is 2.71 bits per heavy atom. The van der Waals surface area contributed by atoms with Gasteiger partial charge >= 0.3 is 0 Å². The Balaban J connectivity index is 1.47. The van der Waals surface area contributed by atoms with Crippen molar-refractivity contribution in [2.45, 2.75) is 45.4 Å². The van der Waals surface area contributed by atoms with Crippen LogP contribution in [0.15, 0.2) is 47.8 Å². The lowest BCUT2D eigenvalue weighted by molar-refractivity contribution is -0.127. The van der Waals surface area contributed by atoms with E-state index in [1.807, 2.05) is 42.6 Å². The number of carbonyl (C=O) groups is 3. The van der Waals surface area contributed by atoms with Crippen LogP contribution in [0.4, 0.5) is 5.69 Å². The summed E-state index contributed by atoms with van der Waals surface area (Å²) >= 11 is 1.37. The number of para-hydroxylation sites is 1. The van der Waals surface area contributed by atoms with Gasteiger partial charge in [-0.25, -0.2) is 4.68 Å². The summed E-state index contributed by atoms with van der Waals surface area (Å²) in [5.74, 6) is -0.332. The molecule has 2 aromatic heterocycles. The van der Waals surface area contributed by atoms with E-state index in [0.29, 0.717) is 40.6 Å². The van der Waals surface area contributed by atoms with Gasteiger partial charge in [-0.15, -0.1) is 16.4 Å². The van der Waals surface area contributed by atoms with Crippen LogP contribution in [0.25, 0.3) is 11.0 Å². The molecule has 2 aliphatic rings. The maximum absolute atomic E-state index is 14.4. The number of anilines is 1. The Hall–Kier alpha value is -4.29.